The van der Waals surface area contributed by atoms with E-state index in [0.29, 0.717) is 11.1 Å². The van der Waals surface area contributed by atoms with E-state index in [-0.39, 0.29) is 18.0 Å². The van der Waals surface area contributed by atoms with Gasteiger partial charge in [-0.05, 0) is 30.4 Å². The number of halogens is 4. The summed E-state index contributed by atoms with van der Waals surface area (Å²) < 4.78 is 55.7. The molecule has 11 heteroatoms. The van der Waals surface area contributed by atoms with Crippen LogP contribution in [-0.2, 0) is 9.59 Å². The van der Waals surface area contributed by atoms with Crippen molar-refractivity contribution in [2.24, 2.45) is 0 Å². The van der Waals surface area contributed by atoms with Crippen LogP contribution in [0.25, 0.3) is 0 Å². The predicted octanol–water partition coefficient (Wildman–Crippen LogP) is 4.02. The van der Waals surface area contributed by atoms with Gasteiger partial charge in [0.05, 0.1) is 36.0 Å². The highest BCUT2D eigenvalue weighted by atomic mass is 19.3. The molecule has 202 valence electrons. The van der Waals surface area contributed by atoms with E-state index < -0.39 is 66.7 Å². The summed E-state index contributed by atoms with van der Waals surface area (Å²) in [4.78, 5) is 31.4. The van der Waals surface area contributed by atoms with Gasteiger partial charge in [-0.1, -0.05) is 36.4 Å². The van der Waals surface area contributed by atoms with Gasteiger partial charge in [0.25, 0.3) is 6.43 Å². The SMILES string of the molecule is CN/C=C(\C(=N)CC(=O)N1C[C@H](F)C[C@H]1C(=O)N[C@@H](c1ccccc1)c1ccc(C2CC2)c(F)n1)C(F)F. The Morgan fingerprint density at radius 1 is 1.18 bits per heavy atom. The minimum atomic E-state index is -2.99. The summed E-state index contributed by atoms with van der Waals surface area (Å²) in [5, 5.41) is 13.1. The molecule has 1 aliphatic carbocycles. The summed E-state index contributed by atoms with van der Waals surface area (Å²) in [5.74, 6) is -1.96. The van der Waals surface area contributed by atoms with Gasteiger partial charge in [-0.3, -0.25) is 9.59 Å². The lowest BCUT2D eigenvalue weighted by molar-refractivity contribution is -0.137. The summed E-state index contributed by atoms with van der Waals surface area (Å²) >= 11 is 0. The van der Waals surface area contributed by atoms with Crippen molar-refractivity contribution in [3.63, 3.8) is 0 Å². The molecule has 7 nitrogen and oxygen atoms in total. The van der Waals surface area contributed by atoms with Crippen molar-refractivity contribution in [2.75, 3.05) is 13.6 Å². The molecule has 1 aliphatic heterocycles. The van der Waals surface area contributed by atoms with Gasteiger partial charge >= 0.3 is 0 Å². The Balaban J connectivity index is 1.54. The number of alkyl halides is 3. The van der Waals surface area contributed by atoms with E-state index in [4.69, 9.17) is 5.41 Å². The van der Waals surface area contributed by atoms with Gasteiger partial charge < -0.3 is 20.9 Å². The number of carbonyl (C=O) groups is 2. The van der Waals surface area contributed by atoms with Crippen LogP contribution in [0.15, 0.2) is 54.2 Å². The second-order valence-corrected chi connectivity index (χ2v) is 9.48. The molecule has 3 N–H and O–H groups in total. The molecule has 38 heavy (non-hydrogen) atoms. The molecule has 0 bridgehead atoms. The first-order valence-electron chi connectivity index (χ1n) is 12.4. The van der Waals surface area contributed by atoms with Crippen LogP contribution in [0.1, 0.15) is 54.5 Å². The van der Waals surface area contributed by atoms with Crippen LogP contribution in [0.3, 0.4) is 0 Å². The molecule has 2 heterocycles. The molecule has 0 spiro atoms. The maximum Gasteiger partial charge on any atom is 0.266 e. The second-order valence-electron chi connectivity index (χ2n) is 9.48. The number of nitrogens with one attached hydrogen (secondary N) is 3. The van der Waals surface area contributed by atoms with Gasteiger partial charge in [-0.25, -0.2) is 18.2 Å². The number of amides is 2. The molecule has 0 unspecified atom stereocenters. The number of hydrogen-bond donors (Lipinski definition) is 3. The zero-order chi connectivity index (χ0) is 27.4. The van der Waals surface area contributed by atoms with Crippen LogP contribution in [0.4, 0.5) is 17.6 Å². The van der Waals surface area contributed by atoms with Crippen LogP contribution < -0.4 is 10.6 Å². The Labute approximate surface area is 217 Å². The largest absolute Gasteiger partial charge is 0.394 e. The average Bonchev–Trinajstić information content (AvgIpc) is 3.65. The van der Waals surface area contributed by atoms with Crippen LogP contribution in [0, 0.1) is 11.4 Å². The molecule has 2 aliphatic rings. The third kappa shape index (κ3) is 6.20. The fourth-order valence-corrected chi connectivity index (χ4v) is 4.63. The summed E-state index contributed by atoms with van der Waals surface area (Å²) in [6, 6.07) is 9.94. The maximum atomic E-state index is 14.8. The summed E-state index contributed by atoms with van der Waals surface area (Å²) in [5.41, 5.74) is 0.0978. The second kappa shape index (κ2) is 11.7. The topological polar surface area (TPSA) is 98.2 Å². The number of pyridine rings is 1. The molecule has 1 saturated heterocycles. The van der Waals surface area contributed by atoms with Crippen LogP contribution in [0.2, 0.25) is 0 Å². The van der Waals surface area contributed by atoms with Crippen molar-refractivity contribution in [2.45, 2.75) is 56.3 Å². The fourth-order valence-electron chi connectivity index (χ4n) is 4.63. The number of benzene rings is 1. The molecule has 2 fully saturated rings. The number of rotatable bonds is 10. The van der Waals surface area contributed by atoms with Crippen molar-refractivity contribution in [3.05, 3.63) is 77.0 Å². The van der Waals surface area contributed by atoms with E-state index in [1.807, 2.05) is 0 Å². The number of nitrogens with zero attached hydrogens (tertiary/aromatic N) is 2. The number of aromatic nitrogens is 1. The molecule has 0 radical (unpaired) electrons. The molecular formula is C27H29F4N5O2. The van der Waals surface area contributed by atoms with Gasteiger partial charge in [0.2, 0.25) is 17.8 Å². The minimum Gasteiger partial charge on any atom is -0.394 e. The summed E-state index contributed by atoms with van der Waals surface area (Å²) in [6.07, 6.45) is -2.77. The molecule has 1 saturated carbocycles. The lowest BCUT2D eigenvalue weighted by Gasteiger charge is -2.27. The third-order valence-electron chi connectivity index (χ3n) is 6.72. The molecule has 2 aromatic rings. The Morgan fingerprint density at radius 2 is 1.89 bits per heavy atom. The van der Waals surface area contributed by atoms with Crippen LogP contribution >= 0.6 is 0 Å². The van der Waals surface area contributed by atoms with E-state index >= 15 is 0 Å². The zero-order valence-corrected chi connectivity index (χ0v) is 20.8. The normalized spacial score (nSPS) is 20.4. The smallest absolute Gasteiger partial charge is 0.266 e. The van der Waals surface area contributed by atoms with Gasteiger partial charge in [-0.2, -0.15) is 4.39 Å². The predicted molar refractivity (Wildman–Crippen MR) is 133 cm³/mol. The van der Waals surface area contributed by atoms with E-state index in [1.54, 1.807) is 42.5 Å². The summed E-state index contributed by atoms with van der Waals surface area (Å²) in [6.45, 7) is -0.400. The quantitative estimate of drug-likeness (QED) is 0.245. The molecular weight excluding hydrogens is 502 g/mol. The first kappa shape index (κ1) is 27.3. The Kier molecular flexibility index (Phi) is 8.43. The number of hydrogen-bond acceptors (Lipinski definition) is 5. The maximum absolute atomic E-state index is 14.8. The van der Waals surface area contributed by atoms with Gasteiger partial charge in [0.1, 0.15) is 12.2 Å². The monoisotopic (exact) mass is 531 g/mol. The third-order valence-corrected chi connectivity index (χ3v) is 6.72. The van der Waals surface area contributed by atoms with Crippen LogP contribution in [-0.4, -0.2) is 59.6 Å². The lowest BCUT2D eigenvalue weighted by Crippen LogP contribution is -2.47. The lowest BCUT2D eigenvalue weighted by atomic mass is 10.0. The molecule has 1 aromatic carbocycles. The highest BCUT2D eigenvalue weighted by Gasteiger charge is 2.41. The van der Waals surface area contributed by atoms with Gasteiger partial charge in [0.15, 0.2) is 0 Å². The van der Waals surface area contributed by atoms with Crippen molar-refractivity contribution >= 4 is 17.5 Å². The standard InChI is InChI=1S/C27H29F4N5O2/c1-33-13-19(25(29)30)20(32)12-23(37)36-14-17(28)11-22(36)27(38)35-24(16-5-3-2-4-6-16)21-10-9-18(15-7-8-15)26(31)34-21/h2-6,9-10,13,15,17,22,24-25,32-33H,7-8,11-12,14H2,1H3,(H,35,38)/b19-13+,32-20?/t17-,22+,24+/m1/s1. The van der Waals surface area contributed by atoms with E-state index in [0.717, 1.165) is 23.9 Å². The first-order valence-corrected chi connectivity index (χ1v) is 12.4. The molecule has 3 atom stereocenters. The number of carbonyl (C=O) groups excluding carboxylic acids is 2. The Morgan fingerprint density at radius 3 is 2.50 bits per heavy atom. The van der Waals surface area contributed by atoms with Gasteiger partial charge in [0, 0.05) is 25.2 Å². The first-order chi connectivity index (χ1) is 18.2. The Bertz CT molecular complexity index is 1220. The van der Waals surface area contributed by atoms with E-state index in [9.17, 15) is 27.2 Å². The van der Waals surface area contributed by atoms with Crippen molar-refractivity contribution in [3.8, 4) is 0 Å². The minimum absolute atomic E-state index is 0.146. The van der Waals surface area contributed by atoms with Crippen molar-refractivity contribution < 1.29 is 27.2 Å². The molecule has 4 rings (SSSR count). The van der Waals surface area contributed by atoms with Gasteiger partial charge in [-0.15, -0.1) is 0 Å². The Hall–Kier alpha value is -3.76. The highest BCUT2D eigenvalue weighted by molar-refractivity contribution is 6.09. The number of likely N-dealkylation sites (tertiary alicyclic amines) is 1. The van der Waals surface area contributed by atoms with Crippen molar-refractivity contribution in [1.82, 2.24) is 20.5 Å². The van der Waals surface area contributed by atoms with Crippen molar-refractivity contribution in [1.29, 1.82) is 5.41 Å². The fraction of sp³-hybridized carbons (Fsp3) is 0.407. The summed E-state index contributed by atoms with van der Waals surface area (Å²) in [7, 11) is 1.38. The zero-order valence-electron chi connectivity index (χ0n) is 20.8. The molecule has 1 aromatic heterocycles. The molecule has 2 amide bonds. The number of allylic oxidation sites excluding steroid dienone is 1. The highest BCUT2D eigenvalue weighted by Crippen LogP contribution is 2.41. The van der Waals surface area contributed by atoms with E-state index in [1.165, 1.54) is 7.05 Å². The van der Waals surface area contributed by atoms with Crippen LogP contribution in [0.5, 0.6) is 0 Å². The average molecular weight is 532 g/mol. The van der Waals surface area contributed by atoms with E-state index in [2.05, 4.69) is 15.6 Å².